The van der Waals surface area contributed by atoms with Gasteiger partial charge in [0.2, 0.25) is 0 Å². The Morgan fingerprint density at radius 3 is 2.72 bits per heavy atom. The first-order chi connectivity index (χ1) is 8.37. The molecule has 104 valence electrons. The molecule has 1 aromatic rings. The second-order valence-corrected chi connectivity index (χ2v) is 5.71. The summed E-state index contributed by atoms with van der Waals surface area (Å²) < 4.78 is 10.7. The Morgan fingerprint density at radius 1 is 1.39 bits per heavy atom. The minimum absolute atomic E-state index is 0.0751. The molecule has 5 nitrogen and oxygen atoms in total. The summed E-state index contributed by atoms with van der Waals surface area (Å²) in [6.07, 6.45) is 2.96. The van der Waals surface area contributed by atoms with Crippen LogP contribution in [-0.2, 0) is 6.54 Å². The van der Waals surface area contributed by atoms with Crippen molar-refractivity contribution in [2.24, 2.45) is 0 Å². The maximum Gasteiger partial charge on any atom is 0.393 e. The Bertz CT molecular complexity index is 342. The Hall–Kier alpha value is -1.07. The average Bonchev–Trinajstić information content (AvgIpc) is 2.68. The van der Waals surface area contributed by atoms with Crippen LogP contribution >= 0.6 is 0 Å². The quantitative estimate of drug-likeness (QED) is 0.754. The lowest BCUT2D eigenvalue weighted by molar-refractivity contribution is 0.215. The van der Waals surface area contributed by atoms with Crippen molar-refractivity contribution in [1.82, 2.24) is 15.2 Å². The topological polar surface area (TPSA) is 50.5 Å². The van der Waals surface area contributed by atoms with Crippen LogP contribution in [0, 0.1) is 0 Å². The molecule has 0 aliphatic rings. The first-order valence-corrected chi connectivity index (χ1v) is 6.34. The van der Waals surface area contributed by atoms with Crippen LogP contribution in [0.25, 0.3) is 0 Å². The van der Waals surface area contributed by atoms with Crippen LogP contribution in [0.2, 0.25) is 0 Å². The molecule has 0 unspecified atom stereocenters. The number of ether oxygens (including phenoxy) is 1. The maximum absolute atomic E-state index is 5.44. The smallest absolute Gasteiger partial charge is 0.393 e. The molecule has 1 N–H and O–H groups in total. The van der Waals surface area contributed by atoms with Gasteiger partial charge in [-0.25, -0.2) is 0 Å². The fraction of sp³-hybridized carbons (Fsp3) is 0.769. The molecule has 0 spiro atoms. The van der Waals surface area contributed by atoms with E-state index in [0.29, 0.717) is 19.2 Å². The van der Waals surface area contributed by atoms with Gasteiger partial charge in [0.1, 0.15) is 6.26 Å². The van der Waals surface area contributed by atoms with E-state index in [1.54, 1.807) is 6.26 Å². The third-order valence-corrected chi connectivity index (χ3v) is 2.31. The Labute approximate surface area is 110 Å². The minimum Gasteiger partial charge on any atom is -0.450 e. The van der Waals surface area contributed by atoms with Gasteiger partial charge in [-0.05, 0) is 41.3 Å². The third-order valence-electron chi connectivity index (χ3n) is 2.31. The van der Waals surface area contributed by atoms with Gasteiger partial charge < -0.3 is 19.4 Å². The van der Waals surface area contributed by atoms with Crippen molar-refractivity contribution in [1.29, 1.82) is 0 Å². The highest BCUT2D eigenvalue weighted by Gasteiger charge is 2.11. The molecule has 0 saturated carbocycles. The Morgan fingerprint density at radius 2 is 2.11 bits per heavy atom. The SMILES string of the molecule is CN(C)CCCOc1nc(CNC(C)(C)C)co1. The van der Waals surface area contributed by atoms with Crippen molar-refractivity contribution in [2.45, 2.75) is 39.3 Å². The standard InChI is InChI=1S/C13H25N3O2/c1-13(2,3)14-9-11-10-18-12(15-11)17-8-6-7-16(4)5/h10,14H,6-9H2,1-5H3. The van der Waals surface area contributed by atoms with Gasteiger partial charge in [0.05, 0.1) is 12.3 Å². The summed E-state index contributed by atoms with van der Waals surface area (Å²) in [7, 11) is 4.09. The van der Waals surface area contributed by atoms with E-state index in [1.807, 2.05) is 14.1 Å². The van der Waals surface area contributed by atoms with Crippen LogP contribution in [0.1, 0.15) is 32.9 Å². The number of rotatable bonds is 7. The highest BCUT2D eigenvalue weighted by Crippen LogP contribution is 2.11. The van der Waals surface area contributed by atoms with Crippen molar-refractivity contribution < 1.29 is 9.15 Å². The van der Waals surface area contributed by atoms with Crippen LogP contribution in [0.15, 0.2) is 10.7 Å². The lowest BCUT2D eigenvalue weighted by Gasteiger charge is -2.19. The molecule has 0 amide bonds. The molecule has 18 heavy (non-hydrogen) atoms. The van der Waals surface area contributed by atoms with Crippen LogP contribution in [0.3, 0.4) is 0 Å². The van der Waals surface area contributed by atoms with E-state index in [4.69, 9.17) is 9.15 Å². The van der Waals surface area contributed by atoms with E-state index in [9.17, 15) is 0 Å². The monoisotopic (exact) mass is 255 g/mol. The maximum atomic E-state index is 5.44. The summed E-state index contributed by atoms with van der Waals surface area (Å²) in [5.41, 5.74) is 0.943. The van der Waals surface area contributed by atoms with Gasteiger partial charge in [0, 0.05) is 18.6 Å². The van der Waals surface area contributed by atoms with E-state index >= 15 is 0 Å². The van der Waals surface area contributed by atoms with Gasteiger partial charge in [0.15, 0.2) is 0 Å². The van der Waals surface area contributed by atoms with Gasteiger partial charge in [-0.2, -0.15) is 4.98 Å². The van der Waals surface area contributed by atoms with E-state index < -0.39 is 0 Å². The van der Waals surface area contributed by atoms with Gasteiger partial charge in [-0.15, -0.1) is 0 Å². The molecule has 5 heteroatoms. The average molecular weight is 255 g/mol. The zero-order valence-corrected chi connectivity index (χ0v) is 12.1. The fourth-order valence-corrected chi connectivity index (χ4v) is 1.33. The molecule has 0 radical (unpaired) electrons. The predicted octanol–water partition coefficient (Wildman–Crippen LogP) is 1.89. The molecular formula is C13H25N3O2. The molecule has 0 aromatic carbocycles. The number of nitrogens with zero attached hydrogens (tertiary/aromatic N) is 2. The molecule has 0 saturated heterocycles. The molecule has 1 rings (SSSR count). The first-order valence-electron chi connectivity index (χ1n) is 6.34. The molecule has 0 bridgehead atoms. The molecular weight excluding hydrogens is 230 g/mol. The predicted molar refractivity (Wildman–Crippen MR) is 71.8 cm³/mol. The summed E-state index contributed by atoms with van der Waals surface area (Å²) >= 11 is 0. The second-order valence-electron chi connectivity index (χ2n) is 5.71. The van der Waals surface area contributed by atoms with Crippen molar-refractivity contribution >= 4 is 0 Å². The van der Waals surface area contributed by atoms with E-state index in [2.05, 4.69) is 36.0 Å². The van der Waals surface area contributed by atoms with Gasteiger partial charge in [-0.3, -0.25) is 0 Å². The lowest BCUT2D eigenvalue weighted by atomic mass is 10.1. The number of hydrogen-bond acceptors (Lipinski definition) is 5. The number of nitrogens with one attached hydrogen (secondary N) is 1. The van der Waals surface area contributed by atoms with E-state index in [-0.39, 0.29) is 5.54 Å². The van der Waals surface area contributed by atoms with Crippen molar-refractivity contribution in [2.75, 3.05) is 27.2 Å². The molecule has 0 aliphatic heterocycles. The number of oxazole rings is 1. The number of hydrogen-bond donors (Lipinski definition) is 1. The third kappa shape index (κ3) is 6.61. The summed E-state index contributed by atoms with van der Waals surface area (Å²) in [6.45, 7) is 8.67. The molecule has 0 aliphatic carbocycles. The second kappa shape index (κ2) is 6.75. The summed E-state index contributed by atoms with van der Waals surface area (Å²) in [5.74, 6) is 0. The minimum atomic E-state index is 0.0751. The first kappa shape index (κ1) is 15.0. The van der Waals surface area contributed by atoms with Crippen LogP contribution in [0.5, 0.6) is 6.08 Å². The Kier molecular flexibility index (Phi) is 5.62. The van der Waals surface area contributed by atoms with Gasteiger partial charge in [0.25, 0.3) is 0 Å². The summed E-state index contributed by atoms with van der Waals surface area (Å²) in [4.78, 5) is 6.39. The van der Waals surface area contributed by atoms with Crippen molar-refractivity contribution in [3.63, 3.8) is 0 Å². The zero-order valence-electron chi connectivity index (χ0n) is 12.1. The van der Waals surface area contributed by atoms with Crippen molar-refractivity contribution in [3.8, 4) is 6.08 Å². The highest BCUT2D eigenvalue weighted by molar-refractivity contribution is 5.00. The highest BCUT2D eigenvalue weighted by atomic mass is 16.6. The van der Waals surface area contributed by atoms with Crippen molar-refractivity contribution in [3.05, 3.63) is 12.0 Å². The van der Waals surface area contributed by atoms with Gasteiger partial charge in [-0.1, -0.05) is 0 Å². The summed E-state index contributed by atoms with van der Waals surface area (Å²) in [5, 5.41) is 3.35. The Balaban J connectivity index is 2.26. The van der Waals surface area contributed by atoms with E-state index in [1.165, 1.54) is 0 Å². The molecule has 1 heterocycles. The van der Waals surface area contributed by atoms with Crippen LogP contribution in [0.4, 0.5) is 0 Å². The fourth-order valence-electron chi connectivity index (χ4n) is 1.33. The van der Waals surface area contributed by atoms with Crippen LogP contribution in [-0.4, -0.2) is 42.7 Å². The van der Waals surface area contributed by atoms with E-state index in [0.717, 1.165) is 18.7 Å². The molecule has 0 atom stereocenters. The van der Waals surface area contributed by atoms with Crippen LogP contribution < -0.4 is 10.1 Å². The largest absolute Gasteiger partial charge is 0.450 e. The normalized spacial score (nSPS) is 12.1. The molecule has 1 aromatic heterocycles. The summed E-state index contributed by atoms with van der Waals surface area (Å²) in [6, 6.07) is 0. The number of aromatic nitrogens is 1. The molecule has 0 fully saturated rings. The lowest BCUT2D eigenvalue weighted by Crippen LogP contribution is -2.35. The van der Waals surface area contributed by atoms with Gasteiger partial charge >= 0.3 is 6.08 Å². The zero-order chi connectivity index (χ0) is 13.6.